The van der Waals surface area contributed by atoms with Crippen molar-refractivity contribution in [1.29, 1.82) is 0 Å². The minimum atomic E-state index is -0.799. The molecule has 2 aliphatic heterocycles. The van der Waals surface area contributed by atoms with Crippen LogP contribution in [0, 0.1) is 0 Å². The third-order valence-electron chi connectivity index (χ3n) is 3.54. The second-order valence-corrected chi connectivity index (χ2v) is 5.01. The Morgan fingerprint density at radius 1 is 1.33 bits per heavy atom. The Labute approximate surface area is 121 Å². The lowest BCUT2D eigenvalue weighted by atomic mass is 10.00. The van der Waals surface area contributed by atoms with Gasteiger partial charge in [0.15, 0.2) is 0 Å². The lowest BCUT2D eigenvalue weighted by Crippen LogP contribution is -2.38. The van der Waals surface area contributed by atoms with Crippen LogP contribution in [0.3, 0.4) is 0 Å². The molecule has 1 saturated heterocycles. The van der Waals surface area contributed by atoms with Crippen molar-refractivity contribution in [2.75, 3.05) is 6.61 Å². The molecule has 21 heavy (non-hydrogen) atoms. The number of imide groups is 1. The van der Waals surface area contributed by atoms with E-state index in [1.807, 2.05) is 24.3 Å². The summed E-state index contributed by atoms with van der Waals surface area (Å²) in [6, 6.07) is 6.03. The van der Waals surface area contributed by atoms with Crippen LogP contribution in [-0.2, 0) is 9.59 Å². The average Bonchev–Trinajstić information content (AvgIpc) is 2.77. The number of hydrogen-bond donors (Lipinski definition) is 3. The van der Waals surface area contributed by atoms with E-state index in [9.17, 15) is 14.4 Å². The molecule has 3 rings (SSSR count). The summed E-state index contributed by atoms with van der Waals surface area (Å²) in [6.07, 6.45) is 0.600. The lowest BCUT2D eigenvalue weighted by molar-refractivity contribution is -0.127. The molecule has 0 aromatic heterocycles. The van der Waals surface area contributed by atoms with E-state index < -0.39 is 18.0 Å². The summed E-state index contributed by atoms with van der Waals surface area (Å²) in [6.45, 7) is 0.530. The molecular weight excluding hydrogens is 274 g/mol. The van der Waals surface area contributed by atoms with Gasteiger partial charge in [-0.2, -0.15) is 0 Å². The molecule has 0 spiro atoms. The molecule has 0 aliphatic carbocycles. The first kappa shape index (κ1) is 13.4. The maximum atomic E-state index is 12.0. The zero-order chi connectivity index (χ0) is 14.8. The van der Waals surface area contributed by atoms with Gasteiger partial charge in [-0.25, -0.2) is 4.79 Å². The van der Waals surface area contributed by atoms with Crippen molar-refractivity contribution in [2.24, 2.45) is 0 Å². The van der Waals surface area contributed by atoms with Crippen molar-refractivity contribution in [3.05, 3.63) is 29.8 Å². The van der Waals surface area contributed by atoms with Gasteiger partial charge in [0, 0.05) is 12.0 Å². The Kier molecular flexibility index (Phi) is 3.47. The van der Waals surface area contributed by atoms with Crippen molar-refractivity contribution in [3.8, 4) is 5.75 Å². The molecule has 2 atom stereocenters. The number of hydrogen-bond acceptors (Lipinski definition) is 4. The van der Waals surface area contributed by atoms with Gasteiger partial charge < -0.3 is 15.4 Å². The highest BCUT2D eigenvalue weighted by molar-refractivity contribution is 6.05. The molecule has 4 amide bonds. The second-order valence-electron chi connectivity index (χ2n) is 5.01. The highest BCUT2D eigenvalue weighted by atomic mass is 16.5. The van der Waals surface area contributed by atoms with Crippen LogP contribution in [0.15, 0.2) is 24.3 Å². The molecule has 0 bridgehead atoms. The molecule has 110 valence electrons. The van der Waals surface area contributed by atoms with E-state index in [0.29, 0.717) is 13.0 Å². The number of ether oxygens (including phenoxy) is 1. The van der Waals surface area contributed by atoms with Crippen LogP contribution in [-0.4, -0.2) is 30.5 Å². The summed E-state index contributed by atoms with van der Waals surface area (Å²) in [7, 11) is 0. The summed E-state index contributed by atoms with van der Waals surface area (Å²) >= 11 is 0. The fraction of sp³-hybridized carbons (Fsp3) is 0.357. The Balaban J connectivity index is 1.63. The van der Waals surface area contributed by atoms with Gasteiger partial charge in [-0.05, 0) is 6.07 Å². The molecule has 1 fully saturated rings. The maximum Gasteiger partial charge on any atom is 0.322 e. The molecule has 1 aromatic rings. The van der Waals surface area contributed by atoms with Crippen LogP contribution >= 0.6 is 0 Å². The van der Waals surface area contributed by atoms with Gasteiger partial charge in [0.2, 0.25) is 5.91 Å². The molecule has 0 radical (unpaired) electrons. The maximum absolute atomic E-state index is 12.0. The number of rotatable bonds is 3. The SMILES string of the molecule is O=C(C[C@@H]1NC(=O)NC1=O)N[C@@H]1CCOc2ccccc21. The van der Waals surface area contributed by atoms with Gasteiger partial charge >= 0.3 is 6.03 Å². The topological polar surface area (TPSA) is 96.5 Å². The first-order chi connectivity index (χ1) is 10.1. The van der Waals surface area contributed by atoms with Gasteiger partial charge in [-0.15, -0.1) is 0 Å². The molecule has 0 unspecified atom stereocenters. The molecule has 7 heteroatoms. The quantitative estimate of drug-likeness (QED) is 0.694. The van der Waals surface area contributed by atoms with E-state index in [2.05, 4.69) is 16.0 Å². The third-order valence-corrected chi connectivity index (χ3v) is 3.54. The number of urea groups is 1. The summed E-state index contributed by atoms with van der Waals surface area (Å²) in [4.78, 5) is 34.5. The van der Waals surface area contributed by atoms with E-state index in [1.165, 1.54) is 0 Å². The zero-order valence-corrected chi connectivity index (χ0v) is 11.2. The number of fused-ring (bicyclic) bond motifs is 1. The fourth-order valence-electron chi connectivity index (χ4n) is 2.53. The third kappa shape index (κ3) is 2.81. The van der Waals surface area contributed by atoms with Crippen LogP contribution < -0.4 is 20.7 Å². The number of benzene rings is 1. The van der Waals surface area contributed by atoms with Crippen LogP contribution in [0.1, 0.15) is 24.4 Å². The number of amides is 4. The van der Waals surface area contributed by atoms with E-state index in [1.54, 1.807) is 0 Å². The molecule has 7 nitrogen and oxygen atoms in total. The van der Waals surface area contributed by atoms with E-state index in [0.717, 1.165) is 11.3 Å². The molecule has 0 saturated carbocycles. The molecular formula is C14H15N3O4. The molecule has 2 heterocycles. The number of nitrogens with one attached hydrogen (secondary N) is 3. The van der Waals surface area contributed by atoms with Crippen molar-refractivity contribution in [2.45, 2.75) is 24.9 Å². The predicted molar refractivity (Wildman–Crippen MR) is 72.5 cm³/mol. The monoisotopic (exact) mass is 289 g/mol. The van der Waals surface area contributed by atoms with Gasteiger partial charge in [0.1, 0.15) is 11.8 Å². The van der Waals surface area contributed by atoms with Gasteiger partial charge in [-0.1, -0.05) is 18.2 Å². The normalized spacial score (nSPS) is 23.6. The van der Waals surface area contributed by atoms with Crippen molar-refractivity contribution in [3.63, 3.8) is 0 Å². The van der Waals surface area contributed by atoms with Crippen molar-refractivity contribution in [1.82, 2.24) is 16.0 Å². The summed E-state index contributed by atoms with van der Waals surface area (Å²) in [5.41, 5.74) is 0.928. The van der Waals surface area contributed by atoms with Crippen LogP contribution in [0.5, 0.6) is 5.75 Å². The molecule has 3 N–H and O–H groups in total. The first-order valence-electron chi connectivity index (χ1n) is 6.76. The van der Waals surface area contributed by atoms with E-state index in [-0.39, 0.29) is 18.4 Å². The lowest BCUT2D eigenvalue weighted by Gasteiger charge is -2.26. The summed E-state index contributed by atoms with van der Waals surface area (Å²) in [5, 5.41) is 7.40. The largest absolute Gasteiger partial charge is 0.493 e. The smallest absolute Gasteiger partial charge is 0.322 e. The zero-order valence-electron chi connectivity index (χ0n) is 11.2. The minimum absolute atomic E-state index is 0.0723. The van der Waals surface area contributed by atoms with E-state index in [4.69, 9.17) is 4.74 Å². The van der Waals surface area contributed by atoms with Crippen molar-refractivity contribution >= 4 is 17.8 Å². The Morgan fingerprint density at radius 2 is 2.14 bits per heavy atom. The Bertz CT molecular complexity index is 602. The highest BCUT2D eigenvalue weighted by Gasteiger charge is 2.32. The highest BCUT2D eigenvalue weighted by Crippen LogP contribution is 2.31. The Morgan fingerprint density at radius 3 is 2.90 bits per heavy atom. The number of carbonyl (C=O) groups is 3. The average molecular weight is 289 g/mol. The summed E-state index contributed by atoms with van der Waals surface area (Å²) < 4.78 is 5.53. The minimum Gasteiger partial charge on any atom is -0.493 e. The van der Waals surface area contributed by atoms with Gasteiger partial charge in [0.25, 0.3) is 5.91 Å². The predicted octanol–water partition coefficient (Wildman–Crippen LogP) is 0.225. The Hall–Kier alpha value is -2.57. The standard InChI is InChI=1S/C14H15N3O4/c18-12(7-10-13(19)17-14(20)16-10)15-9-5-6-21-11-4-2-1-3-8(9)11/h1-4,9-10H,5-7H2,(H,15,18)(H2,16,17,19,20)/t9-,10+/m1/s1. The number of para-hydroxylation sites is 1. The fourth-order valence-corrected chi connectivity index (χ4v) is 2.53. The second kappa shape index (κ2) is 5.43. The van der Waals surface area contributed by atoms with Crippen LogP contribution in [0.25, 0.3) is 0 Å². The first-order valence-corrected chi connectivity index (χ1v) is 6.76. The molecule has 2 aliphatic rings. The number of carbonyl (C=O) groups excluding carboxylic acids is 3. The van der Waals surface area contributed by atoms with Gasteiger partial charge in [0.05, 0.1) is 19.1 Å². The van der Waals surface area contributed by atoms with Crippen LogP contribution in [0.4, 0.5) is 4.79 Å². The molecule has 1 aromatic carbocycles. The van der Waals surface area contributed by atoms with Crippen LogP contribution in [0.2, 0.25) is 0 Å². The van der Waals surface area contributed by atoms with E-state index >= 15 is 0 Å². The van der Waals surface area contributed by atoms with Crippen molar-refractivity contribution < 1.29 is 19.1 Å². The van der Waals surface area contributed by atoms with Gasteiger partial charge in [-0.3, -0.25) is 14.9 Å². The summed E-state index contributed by atoms with van der Waals surface area (Å²) in [5.74, 6) is 0.0162.